The monoisotopic (exact) mass is 1140 g/mol. The van der Waals surface area contributed by atoms with Gasteiger partial charge in [-0.2, -0.15) is 0 Å². The maximum atomic E-state index is 13.7. The van der Waals surface area contributed by atoms with E-state index in [0.29, 0.717) is 77.3 Å². The Morgan fingerprint density at radius 1 is 0.506 bits per heavy atom. The van der Waals surface area contributed by atoms with Gasteiger partial charge in [0.25, 0.3) is 0 Å². The Morgan fingerprint density at radius 3 is 1.42 bits per heavy atom. The summed E-state index contributed by atoms with van der Waals surface area (Å²) in [5.41, 5.74) is 1.69. The first-order valence-corrected chi connectivity index (χ1v) is 32.0. The molecule has 0 radical (unpaired) electrons. The minimum atomic E-state index is -0.330. The van der Waals surface area contributed by atoms with E-state index in [1.807, 2.05) is 48.0 Å². The molecule has 9 nitrogen and oxygen atoms in total. The molecule has 83 heavy (non-hydrogen) atoms. The predicted octanol–water partition coefficient (Wildman–Crippen LogP) is 13.2. The van der Waals surface area contributed by atoms with E-state index in [4.69, 9.17) is 0 Å². The number of aliphatic hydroxyl groups excluding tert-OH is 1. The Labute approximate surface area is 494 Å². The number of ketones is 2. The SMILES string of the molecule is C.CN1C(=O)C=C[C@]2(C)C3CC[C@@]4(C)[C@@H](C[C@@H](Cc5cccc(F)c5)[C@@H]4O)C3CC[C@@H]12.CN1C(=O)C=C[C@]2(C)C3CC[C@]4(C)C(=O)CC[C@H]4C3CC[C@@H]12.CN1C(=O)C=C[C@]2(C)C3CC[C@]4(C)C(=O)[C@H](Cc5cccc(F)c5)C[C@H]4C3CC[C@@H]12. The number of fused-ring (bicyclic) bond motifs is 15. The largest absolute Gasteiger partial charge is 0.392 e. The summed E-state index contributed by atoms with van der Waals surface area (Å²) in [4.78, 5) is 68.3. The zero-order valence-electron chi connectivity index (χ0n) is 50.6. The summed E-state index contributed by atoms with van der Waals surface area (Å²) in [7, 11) is 5.85. The van der Waals surface area contributed by atoms with Gasteiger partial charge in [-0.25, -0.2) is 8.78 Å². The van der Waals surface area contributed by atoms with Crippen LogP contribution in [0.1, 0.15) is 163 Å². The van der Waals surface area contributed by atoms with E-state index in [1.54, 1.807) is 42.5 Å². The highest BCUT2D eigenvalue weighted by molar-refractivity contribution is 5.91. The number of Topliss-reactive ketones (excluding diaryl/α,β-unsaturated/α-hetero) is 2. The predicted molar refractivity (Wildman–Crippen MR) is 321 cm³/mol. The number of carbonyl (C=O) groups is 5. The van der Waals surface area contributed by atoms with Crippen LogP contribution in [0, 0.1) is 109 Å². The Hall–Kier alpha value is -4.77. The van der Waals surface area contributed by atoms with E-state index in [1.165, 1.54) is 18.6 Å². The summed E-state index contributed by atoms with van der Waals surface area (Å²) in [6.07, 6.45) is 29.7. The van der Waals surface area contributed by atoms with Crippen LogP contribution in [0.3, 0.4) is 0 Å². The standard InChI is InChI=1S/C26H34FNO2.C26H32FNO2.C19H27NO2.CH4/c2*1-25-12-10-23(29)28(3)22(25)8-7-19-20(25)9-11-26(2)21(19)15-17(24(26)30)13-16-5-4-6-18(27)14-16;1-18-11-9-17(22)20(3)15(18)6-4-12-13-5-7-16(21)19(13,2)10-8-14(12)18;/h4-6,10,12,14,17,19-22,24,30H,7-9,11,13,15H2,1-3H3;4-6,10,12,14,17,19-22H,7-9,11,13,15H2,1-3H3;9,11-15H,4-8,10H2,1-3H3;1H4/t17-,19?,20?,21+,22-,24+,25-,26+;17-,19?,20?,21+,22-,25-,26+;12?,13-,14?,15+,18+,19-;/m110./s1. The van der Waals surface area contributed by atoms with Gasteiger partial charge in [0.05, 0.1) is 6.10 Å². The molecule has 2 aromatic carbocycles. The maximum absolute atomic E-state index is 13.7. The van der Waals surface area contributed by atoms with Crippen molar-refractivity contribution >= 4 is 29.3 Å². The highest BCUT2D eigenvalue weighted by atomic mass is 19.1. The van der Waals surface area contributed by atoms with E-state index in [-0.39, 0.29) is 99.3 Å². The molecule has 9 fully saturated rings. The Balaban J connectivity index is 0.000000131. The zero-order valence-corrected chi connectivity index (χ0v) is 50.6. The van der Waals surface area contributed by atoms with Gasteiger partial charge < -0.3 is 19.8 Å². The normalized spacial score (nSPS) is 45.1. The van der Waals surface area contributed by atoms with Crippen molar-refractivity contribution in [2.75, 3.05) is 21.1 Å². The van der Waals surface area contributed by atoms with E-state index in [9.17, 15) is 37.9 Å². The molecule has 12 aliphatic rings. The minimum Gasteiger partial charge on any atom is -0.392 e. The van der Waals surface area contributed by atoms with E-state index >= 15 is 0 Å². The van der Waals surface area contributed by atoms with Crippen LogP contribution in [0.4, 0.5) is 8.78 Å². The second kappa shape index (κ2) is 21.6. The molecule has 0 spiro atoms. The third-order valence-electron chi connectivity index (χ3n) is 26.8. The molecule has 450 valence electrons. The van der Waals surface area contributed by atoms with Crippen molar-refractivity contribution in [2.24, 2.45) is 97.6 Å². The highest BCUT2D eigenvalue weighted by Gasteiger charge is 2.65. The van der Waals surface area contributed by atoms with Crippen LogP contribution in [-0.2, 0) is 36.8 Å². The van der Waals surface area contributed by atoms with Gasteiger partial charge in [0.1, 0.15) is 23.2 Å². The molecule has 2 aromatic rings. The number of halogens is 2. The number of rotatable bonds is 4. The lowest BCUT2D eigenvalue weighted by atomic mass is 9.48. The minimum absolute atomic E-state index is 0. The molecule has 3 amide bonds. The second-order valence-corrected chi connectivity index (χ2v) is 30.2. The molecule has 0 saturated heterocycles. The summed E-state index contributed by atoms with van der Waals surface area (Å²) in [5.74, 6) is 6.02. The van der Waals surface area contributed by atoms with Crippen LogP contribution in [0.5, 0.6) is 0 Å². The number of likely N-dealkylation sites (N-methyl/N-ethyl adjacent to an activating group) is 3. The molecular formula is C72H97F2N3O6. The van der Waals surface area contributed by atoms with Crippen molar-refractivity contribution < 1.29 is 37.9 Å². The molecule has 21 atom stereocenters. The zero-order chi connectivity index (χ0) is 58.2. The number of amides is 3. The summed E-state index contributed by atoms with van der Waals surface area (Å²) in [6, 6.07) is 14.5. The Bertz CT molecular complexity index is 2990. The van der Waals surface area contributed by atoms with Crippen LogP contribution >= 0.6 is 0 Å². The molecule has 0 bridgehead atoms. The van der Waals surface area contributed by atoms with Gasteiger partial charge >= 0.3 is 0 Å². The third kappa shape index (κ3) is 9.44. The average Bonchev–Trinajstić information content (AvgIpc) is 2.10. The first kappa shape index (κ1) is 59.9. The maximum Gasteiger partial charge on any atom is 0.246 e. The second-order valence-electron chi connectivity index (χ2n) is 30.2. The fourth-order valence-electron chi connectivity index (χ4n) is 22.4. The lowest BCUT2D eigenvalue weighted by molar-refractivity contribution is -0.143. The number of hydrogen-bond donors (Lipinski definition) is 1. The molecule has 9 aliphatic carbocycles. The van der Waals surface area contributed by atoms with Gasteiger partial charge in [-0.15, -0.1) is 0 Å². The van der Waals surface area contributed by atoms with Gasteiger partial charge in [0.15, 0.2) is 0 Å². The molecule has 14 rings (SSSR count). The molecular weight excluding hydrogens is 1040 g/mol. The highest BCUT2D eigenvalue weighted by Crippen LogP contribution is 2.67. The Morgan fingerprint density at radius 2 is 0.940 bits per heavy atom. The van der Waals surface area contributed by atoms with Gasteiger partial charge in [-0.05, 0) is 227 Å². The molecule has 11 heteroatoms. The van der Waals surface area contributed by atoms with Gasteiger partial charge in [0.2, 0.25) is 17.7 Å². The van der Waals surface area contributed by atoms with Crippen molar-refractivity contribution in [3.05, 3.63) is 108 Å². The van der Waals surface area contributed by atoms with E-state index in [2.05, 4.69) is 59.8 Å². The molecule has 6 unspecified atom stereocenters. The van der Waals surface area contributed by atoms with Crippen LogP contribution in [0.2, 0.25) is 0 Å². The fourth-order valence-corrected chi connectivity index (χ4v) is 22.4. The summed E-state index contributed by atoms with van der Waals surface area (Å²) >= 11 is 0. The first-order chi connectivity index (χ1) is 38.9. The molecule has 3 heterocycles. The van der Waals surface area contributed by atoms with Gasteiger partial charge in [0, 0.05) is 78.7 Å². The summed E-state index contributed by atoms with van der Waals surface area (Å²) in [5, 5.41) is 11.4. The van der Waals surface area contributed by atoms with Gasteiger partial charge in [-0.3, -0.25) is 24.0 Å². The number of carbonyl (C=O) groups excluding carboxylic acids is 5. The van der Waals surface area contributed by atoms with E-state index < -0.39 is 0 Å². The summed E-state index contributed by atoms with van der Waals surface area (Å²) in [6.45, 7) is 13.8. The Kier molecular flexibility index (Phi) is 15.6. The van der Waals surface area contributed by atoms with Crippen LogP contribution in [0.15, 0.2) is 85.0 Å². The molecule has 0 aromatic heterocycles. The topological polar surface area (TPSA) is 115 Å². The van der Waals surface area contributed by atoms with Crippen molar-refractivity contribution in [1.29, 1.82) is 0 Å². The van der Waals surface area contributed by atoms with Crippen LogP contribution in [0.25, 0.3) is 0 Å². The quantitative estimate of drug-likeness (QED) is 0.326. The first-order valence-electron chi connectivity index (χ1n) is 32.0. The number of benzene rings is 2. The number of aliphatic hydroxyl groups is 1. The lowest BCUT2D eigenvalue weighted by Crippen LogP contribution is -2.59. The van der Waals surface area contributed by atoms with Crippen molar-refractivity contribution in [3.63, 3.8) is 0 Å². The molecule has 3 aliphatic heterocycles. The third-order valence-corrected chi connectivity index (χ3v) is 26.8. The lowest BCUT2D eigenvalue weighted by Gasteiger charge is -2.60. The molecule has 9 saturated carbocycles. The van der Waals surface area contributed by atoms with Gasteiger partial charge in [-0.1, -0.05) is 91.5 Å². The van der Waals surface area contributed by atoms with Crippen molar-refractivity contribution in [1.82, 2.24) is 14.7 Å². The van der Waals surface area contributed by atoms with E-state index in [0.717, 1.165) is 114 Å². The number of hydrogen-bond acceptors (Lipinski definition) is 6. The van der Waals surface area contributed by atoms with Crippen molar-refractivity contribution in [3.8, 4) is 0 Å². The summed E-state index contributed by atoms with van der Waals surface area (Å²) < 4.78 is 27.4. The van der Waals surface area contributed by atoms with Crippen molar-refractivity contribution in [2.45, 2.75) is 189 Å². The number of nitrogens with zero attached hydrogens (tertiary/aromatic N) is 3. The van der Waals surface area contributed by atoms with Crippen LogP contribution in [-0.4, -0.2) is 94.5 Å². The smallest absolute Gasteiger partial charge is 0.246 e. The average molecular weight is 1140 g/mol. The molecule has 1 N–H and O–H groups in total. The van der Waals surface area contributed by atoms with Crippen LogP contribution < -0.4 is 0 Å². The fraction of sp³-hybridized carbons (Fsp3) is 0.681.